The molecule has 0 saturated heterocycles. The molecule has 2 aromatic rings. The molecule has 0 spiro atoms. The molecule has 2 N–H and O–H groups in total. The first-order valence-corrected chi connectivity index (χ1v) is 7.36. The Kier molecular flexibility index (Phi) is 5.46. The Morgan fingerprint density at radius 1 is 1.23 bits per heavy atom. The van der Waals surface area contributed by atoms with Crippen LogP contribution in [0.15, 0.2) is 30.5 Å². The smallest absolute Gasteiger partial charge is 0.125 e. The largest absolute Gasteiger partial charge is 0.497 e. The minimum Gasteiger partial charge on any atom is -0.497 e. The monoisotopic (exact) mass is 301 g/mol. The molecule has 0 bridgehead atoms. The van der Waals surface area contributed by atoms with Crippen molar-refractivity contribution in [3.63, 3.8) is 0 Å². The van der Waals surface area contributed by atoms with Gasteiger partial charge < -0.3 is 15.2 Å². The summed E-state index contributed by atoms with van der Waals surface area (Å²) in [4.78, 5) is 8.61. The van der Waals surface area contributed by atoms with Crippen LogP contribution in [0.4, 0.5) is 0 Å². The van der Waals surface area contributed by atoms with Gasteiger partial charge in [-0.3, -0.25) is 0 Å². The van der Waals surface area contributed by atoms with E-state index in [9.17, 15) is 5.11 Å². The van der Waals surface area contributed by atoms with Gasteiger partial charge in [-0.05, 0) is 38.5 Å². The fraction of sp³-hybridized carbons (Fsp3) is 0.412. The summed E-state index contributed by atoms with van der Waals surface area (Å²) < 4.78 is 5.12. The van der Waals surface area contributed by atoms with Crippen LogP contribution in [0.2, 0.25) is 0 Å². The molecule has 0 radical (unpaired) electrons. The quantitative estimate of drug-likeness (QED) is 0.858. The second kappa shape index (κ2) is 7.33. The highest BCUT2D eigenvalue weighted by molar-refractivity contribution is 5.28. The van der Waals surface area contributed by atoms with E-state index in [1.807, 2.05) is 51.2 Å². The first-order chi connectivity index (χ1) is 10.5. The van der Waals surface area contributed by atoms with Crippen molar-refractivity contribution in [3.05, 3.63) is 53.1 Å². The zero-order valence-corrected chi connectivity index (χ0v) is 13.5. The van der Waals surface area contributed by atoms with Crippen molar-refractivity contribution in [2.75, 3.05) is 13.7 Å². The molecule has 118 valence electrons. The van der Waals surface area contributed by atoms with Crippen LogP contribution in [0.25, 0.3) is 0 Å². The Labute approximate surface area is 131 Å². The van der Waals surface area contributed by atoms with E-state index in [1.165, 1.54) is 0 Å². The lowest BCUT2D eigenvalue weighted by Gasteiger charge is -2.19. The van der Waals surface area contributed by atoms with Gasteiger partial charge in [0.2, 0.25) is 0 Å². The predicted molar refractivity (Wildman–Crippen MR) is 85.9 cm³/mol. The molecule has 2 unspecified atom stereocenters. The van der Waals surface area contributed by atoms with E-state index in [0.717, 1.165) is 28.4 Å². The molecule has 0 aliphatic carbocycles. The highest BCUT2D eigenvalue weighted by Crippen LogP contribution is 2.19. The number of hydrogen-bond donors (Lipinski definition) is 2. The Morgan fingerprint density at radius 2 is 1.91 bits per heavy atom. The van der Waals surface area contributed by atoms with Crippen molar-refractivity contribution in [2.45, 2.75) is 32.9 Å². The molecule has 0 aliphatic heterocycles. The molecule has 0 saturated carbocycles. The Bertz CT molecular complexity index is 614. The summed E-state index contributed by atoms with van der Waals surface area (Å²) in [5.41, 5.74) is 2.87. The highest BCUT2D eigenvalue weighted by Gasteiger charge is 2.13. The summed E-state index contributed by atoms with van der Waals surface area (Å²) >= 11 is 0. The average molecular weight is 301 g/mol. The molecule has 2 atom stereocenters. The number of nitrogens with zero attached hydrogens (tertiary/aromatic N) is 2. The summed E-state index contributed by atoms with van der Waals surface area (Å²) in [6.07, 6.45) is 1.27. The summed E-state index contributed by atoms with van der Waals surface area (Å²) in [5, 5.41) is 13.6. The van der Waals surface area contributed by atoms with Crippen LogP contribution in [0.1, 0.15) is 41.7 Å². The molecular formula is C17H23N3O2. The summed E-state index contributed by atoms with van der Waals surface area (Å²) in [7, 11) is 1.63. The minimum absolute atomic E-state index is 0.0773. The SMILES string of the molecule is COc1ccc(C(O)CNC(C)c2cnc(C)nc2C)cc1. The third-order valence-corrected chi connectivity index (χ3v) is 3.72. The lowest BCUT2D eigenvalue weighted by molar-refractivity contribution is 0.170. The van der Waals surface area contributed by atoms with Crippen LogP contribution >= 0.6 is 0 Å². The summed E-state index contributed by atoms with van der Waals surface area (Å²) in [6, 6.07) is 7.51. The first kappa shape index (κ1) is 16.4. The number of aryl methyl sites for hydroxylation is 2. The lowest BCUT2D eigenvalue weighted by atomic mass is 10.1. The van der Waals surface area contributed by atoms with E-state index in [0.29, 0.717) is 6.54 Å². The van der Waals surface area contributed by atoms with Crippen LogP contribution in [-0.2, 0) is 0 Å². The third-order valence-electron chi connectivity index (χ3n) is 3.72. The number of rotatable bonds is 6. The molecule has 5 nitrogen and oxygen atoms in total. The zero-order chi connectivity index (χ0) is 16.1. The minimum atomic E-state index is -0.569. The topological polar surface area (TPSA) is 67.3 Å². The Hall–Kier alpha value is -1.98. The molecule has 2 rings (SSSR count). The van der Waals surface area contributed by atoms with Crippen molar-refractivity contribution in [1.82, 2.24) is 15.3 Å². The normalized spacial score (nSPS) is 13.7. The van der Waals surface area contributed by atoms with Gasteiger partial charge in [-0.15, -0.1) is 0 Å². The highest BCUT2D eigenvalue weighted by atomic mass is 16.5. The maximum absolute atomic E-state index is 10.3. The number of nitrogens with one attached hydrogen (secondary N) is 1. The maximum Gasteiger partial charge on any atom is 0.125 e. The van der Waals surface area contributed by atoms with E-state index in [2.05, 4.69) is 15.3 Å². The number of ether oxygens (including phenoxy) is 1. The molecule has 5 heteroatoms. The standard InChI is InChI=1S/C17H23N3O2/c1-11(16-9-19-13(3)20-12(16)2)18-10-17(21)14-5-7-15(22-4)8-6-14/h5-9,11,17-18,21H,10H2,1-4H3. The lowest BCUT2D eigenvalue weighted by Crippen LogP contribution is -2.25. The van der Waals surface area contributed by atoms with E-state index in [4.69, 9.17) is 4.74 Å². The summed E-state index contributed by atoms with van der Waals surface area (Å²) in [5.74, 6) is 1.55. The van der Waals surface area contributed by atoms with Crippen molar-refractivity contribution < 1.29 is 9.84 Å². The number of hydrogen-bond acceptors (Lipinski definition) is 5. The van der Waals surface area contributed by atoms with Gasteiger partial charge in [0.15, 0.2) is 0 Å². The van der Waals surface area contributed by atoms with Crippen LogP contribution in [0.5, 0.6) is 5.75 Å². The zero-order valence-electron chi connectivity index (χ0n) is 13.5. The van der Waals surface area contributed by atoms with Crippen molar-refractivity contribution in [3.8, 4) is 5.75 Å². The predicted octanol–water partition coefficient (Wildman–Crippen LogP) is 2.49. The van der Waals surface area contributed by atoms with Crippen LogP contribution in [0, 0.1) is 13.8 Å². The number of aliphatic hydroxyl groups is 1. The molecule has 0 aliphatic rings. The number of aromatic nitrogens is 2. The van der Waals surface area contributed by atoms with Crippen molar-refractivity contribution >= 4 is 0 Å². The molecule has 22 heavy (non-hydrogen) atoms. The fourth-order valence-electron chi connectivity index (χ4n) is 2.36. The van der Waals surface area contributed by atoms with Crippen LogP contribution in [-0.4, -0.2) is 28.7 Å². The fourth-order valence-corrected chi connectivity index (χ4v) is 2.36. The van der Waals surface area contributed by atoms with Gasteiger partial charge in [-0.25, -0.2) is 9.97 Å². The number of aliphatic hydroxyl groups excluding tert-OH is 1. The van der Waals surface area contributed by atoms with Crippen LogP contribution in [0.3, 0.4) is 0 Å². The van der Waals surface area contributed by atoms with Gasteiger partial charge >= 0.3 is 0 Å². The van der Waals surface area contributed by atoms with Gasteiger partial charge in [0.25, 0.3) is 0 Å². The first-order valence-electron chi connectivity index (χ1n) is 7.36. The van der Waals surface area contributed by atoms with Gasteiger partial charge in [0.05, 0.1) is 13.2 Å². The van der Waals surface area contributed by atoms with E-state index >= 15 is 0 Å². The van der Waals surface area contributed by atoms with Crippen molar-refractivity contribution in [1.29, 1.82) is 0 Å². The number of methoxy groups -OCH3 is 1. The second-order valence-corrected chi connectivity index (χ2v) is 5.38. The Balaban J connectivity index is 1.96. The van der Waals surface area contributed by atoms with E-state index in [1.54, 1.807) is 7.11 Å². The molecular weight excluding hydrogens is 278 g/mol. The van der Waals surface area contributed by atoms with E-state index in [-0.39, 0.29) is 6.04 Å². The molecule has 1 heterocycles. The van der Waals surface area contributed by atoms with Crippen LogP contribution < -0.4 is 10.1 Å². The van der Waals surface area contributed by atoms with Gasteiger partial charge in [-0.2, -0.15) is 0 Å². The molecule has 1 aromatic heterocycles. The molecule has 0 amide bonds. The average Bonchev–Trinajstić information content (AvgIpc) is 2.52. The second-order valence-electron chi connectivity index (χ2n) is 5.38. The summed E-state index contributed by atoms with van der Waals surface area (Å²) in [6.45, 7) is 6.35. The van der Waals surface area contributed by atoms with Gasteiger partial charge in [0.1, 0.15) is 11.6 Å². The van der Waals surface area contributed by atoms with Gasteiger partial charge in [-0.1, -0.05) is 12.1 Å². The molecule has 0 fully saturated rings. The maximum atomic E-state index is 10.3. The molecule has 1 aromatic carbocycles. The third kappa shape index (κ3) is 4.02. The Morgan fingerprint density at radius 3 is 2.50 bits per heavy atom. The van der Waals surface area contributed by atoms with Crippen molar-refractivity contribution in [2.24, 2.45) is 0 Å². The number of benzene rings is 1. The van der Waals surface area contributed by atoms with E-state index < -0.39 is 6.10 Å². The van der Waals surface area contributed by atoms with Gasteiger partial charge in [0, 0.05) is 30.0 Å².